The fourth-order valence-electron chi connectivity index (χ4n) is 5.28. The summed E-state index contributed by atoms with van der Waals surface area (Å²) in [6.07, 6.45) is 7.36. The van der Waals surface area contributed by atoms with E-state index >= 15 is 0 Å². The van der Waals surface area contributed by atoms with Gasteiger partial charge in [0.2, 0.25) is 5.60 Å². The molecule has 3 aliphatic rings. The summed E-state index contributed by atoms with van der Waals surface area (Å²) < 4.78 is 0. The zero-order valence-corrected chi connectivity index (χ0v) is 16.7. The summed E-state index contributed by atoms with van der Waals surface area (Å²) in [4.78, 5) is 26.1. The Hall–Kier alpha value is -1.42. The topological polar surface area (TPSA) is 66.4 Å². The number of hydrogen-bond acceptors (Lipinski definition) is 3. The van der Waals surface area contributed by atoms with Crippen molar-refractivity contribution in [3.8, 4) is 0 Å². The van der Waals surface area contributed by atoms with Crippen LogP contribution in [0.4, 0.5) is 0 Å². The van der Waals surface area contributed by atoms with E-state index in [-0.39, 0.29) is 36.0 Å². The number of rotatable bonds is 4. The first-order valence-electron chi connectivity index (χ1n) is 10.0. The Bertz CT molecular complexity index is 662. The SMILES string of the molecule is CC1=CC[C@@H]2[C@@H](C(=O)[C@@]3(O)C[C@H](CC(C)C)NC3=O)[C@@H](C)C(C)=C[C@H]2C1. The summed E-state index contributed by atoms with van der Waals surface area (Å²) in [5, 5.41) is 14.0. The molecule has 0 unspecified atom stereocenters. The molecule has 144 valence electrons. The lowest BCUT2D eigenvalue weighted by atomic mass is 9.60. The molecule has 0 aromatic rings. The number of aliphatic hydroxyl groups is 1. The van der Waals surface area contributed by atoms with Crippen molar-refractivity contribution < 1.29 is 14.7 Å². The monoisotopic (exact) mass is 359 g/mol. The third-order valence-electron chi connectivity index (χ3n) is 6.76. The van der Waals surface area contributed by atoms with Crippen LogP contribution in [0.25, 0.3) is 0 Å². The number of nitrogens with one attached hydrogen (secondary N) is 1. The van der Waals surface area contributed by atoms with E-state index in [1.54, 1.807) is 0 Å². The Morgan fingerprint density at radius 3 is 2.73 bits per heavy atom. The smallest absolute Gasteiger partial charge is 0.260 e. The molecule has 3 rings (SSSR count). The van der Waals surface area contributed by atoms with Gasteiger partial charge in [0.15, 0.2) is 5.78 Å². The minimum Gasteiger partial charge on any atom is -0.373 e. The van der Waals surface area contributed by atoms with Crippen molar-refractivity contribution in [3.05, 3.63) is 23.3 Å². The highest BCUT2D eigenvalue weighted by Gasteiger charge is 2.56. The lowest BCUT2D eigenvalue weighted by Crippen LogP contribution is -2.53. The van der Waals surface area contributed by atoms with Gasteiger partial charge in [-0.15, -0.1) is 0 Å². The average Bonchev–Trinajstić information content (AvgIpc) is 2.82. The maximum absolute atomic E-state index is 13.5. The van der Waals surface area contributed by atoms with E-state index in [2.05, 4.69) is 52.1 Å². The second-order valence-electron chi connectivity index (χ2n) is 9.27. The van der Waals surface area contributed by atoms with Crippen molar-refractivity contribution in [1.82, 2.24) is 5.32 Å². The summed E-state index contributed by atoms with van der Waals surface area (Å²) in [5.41, 5.74) is 0.710. The number of allylic oxidation sites excluding steroid dienone is 4. The summed E-state index contributed by atoms with van der Waals surface area (Å²) in [7, 11) is 0. The molecule has 0 bridgehead atoms. The fraction of sp³-hybridized carbons (Fsp3) is 0.727. The highest BCUT2D eigenvalue weighted by molar-refractivity contribution is 6.11. The molecule has 2 aliphatic carbocycles. The van der Waals surface area contributed by atoms with Gasteiger partial charge in [0.05, 0.1) is 0 Å². The average molecular weight is 360 g/mol. The standard InChI is InChI=1S/C22H33NO3/c1-12(2)8-17-11-22(26,21(25)23-17)20(24)19-15(5)14(4)10-16-9-13(3)6-7-18(16)19/h6,10,12,15-19,26H,7-9,11H2,1-5H3,(H,23,25)/t15-,16+,17-,18-,19-,22-/m0/s1. The van der Waals surface area contributed by atoms with Crippen LogP contribution in [-0.4, -0.2) is 28.4 Å². The van der Waals surface area contributed by atoms with E-state index < -0.39 is 11.5 Å². The molecule has 0 aromatic carbocycles. The van der Waals surface area contributed by atoms with Crippen LogP contribution in [0.5, 0.6) is 0 Å². The van der Waals surface area contributed by atoms with Gasteiger partial charge in [-0.2, -0.15) is 0 Å². The second-order valence-corrected chi connectivity index (χ2v) is 9.27. The number of carbonyl (C=O) groups is 2. The Balaban J connectivity index is 1.88. The van der Waals surface area contributed by atoms with Crippen LogP contribution in [0.2, 0.25) is 0 Å². The van der Waals surface area contributed by atoms with Crippen LogP contribution < -0.4 is 5.32 Å². The quantitative estimate of drug-likeness (QED) is 0.597. The van der Waals surface area contributed by atoms with Gasteiger partial charge in [0, 0.05) is 18.4 Å². The number of amides is 1. The molecule has 4 heteroatoms. The summed E-state index contributed by atoms with van der Waals surface area (Å²) in [6, 6.07) is -0.115. The third kappa shape index (κ3) is 3.28. The van der Waals surface area contributed by atoms with E-state index in [1.165, 1.54) is 11.1 Å². The molecular weight excluding hydrogens is 326 g/mol. The van der Waals surface area contributed by atoms with Crippen molar-refractivity contribution in [2.24, 2.45) is 29.6 Å². The molecule has 1 heterocycles. The number of carbonyl (C=O) groups excluding carboxylic acids is 2. The van der Waals surface area contributed by atoms with Gasteiger partial charge in [0.25, 0.3) is 5.91 Å². The number of fused-ring (bicyclic) bond motifs is 1. The molecule has 1 amide bonds. The molecule has 26 heavy (non-hydrogen) atoms. The normalized spacial score (nSPS) is 40.0. The fourth-order valence-corrected chi connectivity index (χ4v) is 5.28. The van der Waals surface area contributed by atoms with Crippen LogP contribution in [0, 0.1) is 29.6 Å². The number of Topliss-reactive ketones (excluding diaryl/α,β-unsaturated/α-hetero) is 1. The highest BCUT2D eigenvalue weighted by Crippen LogP contribution is 2.47. The van der Waals surface area contributed by atoms with E-state index in [0.717, 1.165) is 19.3 Å². The molecule has 1 saturated heterocycles. The van der Waals surface area contributed by atoms with Crippen molar-refractivity contribution >= 4 is 11.7 Å². The van der Waals surface area contributed by atoms with Crippen molar-refractivity contribution in [2.45, 2.75) is 71.9 Å². The third-order valence-corrected chi connectivity index (χ3v) is 6.76. The van der Waals surface area contributed by atoms with Gasteiger partial charge in [-0.1, -0.05) is 44.1 Å². The van der Waals surface area contributed by atoms with Crippen LogP contribution in [0.1, 0.15) is 60.3 Å². The van der Waals surface area contributed by atoms with Gasteiger partial charge in [-0.05, 0) is 56.8 Å². The largest absolute Gasteiger partial charge is 0.373 e. The van der Waals surface area contributed by atoms with Gasteiger partial charge < -0.3 is 10.4 Å². The predicted octanol–water partition coefficient (Wildman–Crippen LogP) is 3.41. The van der Waals surface area contributed by atoms with E-state index in [4.69, 9.17) is 0 Å². The number of ketones is 1. The molecule has 4 nitrogen and oxygen atoms in total. The molecule has 0 aromatic heterocycles. The van der Waals surface area contributed by atoms with Crippen molar-refractivity contribution in [1.29, 1.82) is 0 Å². The second kappa shape index (κ2) is 6.95. The van der Waals surface area contributed by atoms with Crippen LogP contribution >= 0.6 is 0 Å². The first-order valence-corrected chi connectivity index (χ1v) is 10.0. The summed E-state index contributed by atoms with van der Waals surface area (Å²) in [6.45, 7) is 10.5. The predicted molar refractivity (Wildman–Crippen MR) is 102 cm³/mol. The zero-order chi connectivity index (χ0) is 19.2. The van der Waals surface area contributed by atoms with Crippen molar-refractivity contribution in [3.63, 3.8) is 0 Å². The van der Waals surface area contributed by atoms with E-state index in [9.17, 15) is 14.7 Å². The minimum absolute atomic E-state index is 0.0662. The lowest BCUT2D eigenvalue weighted by Gasteiger charge is -2.43. The first-order chi connectivity index (χ1) is 12.1. The molecule has 0 radical (unpaired) electrons. The molecule has 6 atom stereocenters. The highest BCUT2D eigenvalue weighted by atomic mass is 16.3. The summed E-state index contributed by atoms with van der Waals surface area (Å²) >= 11 is 0. The molecule has 1 fully saturated rings. The van der Waals surface area contributed by atoms with Crippen LogP contribution in [0.3, 0.4) is 0 Å². The molecule has 1 aliphatic heterocycles. The molecule has 0 spiro atoms. The Labute approximate surface area is 157 Å². The first kappa shape index (κ1) is 19.3. The summed E-state index contributed by atoms with van der Waals surface area (Å²) in [5.74, 6) is -0.0434. The van der Waals surface area contributed by atoms with E-state index in [1.807, 2.05) is 0 Å². The molecule has 2 N–H and O–H groups in total. The van der Waals surface area contributed by atoms with Gasteiger partial charge in [-0.25, -0.2) is 0 Å². The zero-order valence-electron chi connectivity index (χ0n) is 16.7. The Morgan fingerprint density at radius 2 is 2.08 bits per heavy atom. The Morgan fingerprint density at radius 1 is 1.38 bits per heavy atom. The number of hydrogen-bond donors (Lipinski definition) is 2. The van der Waals surface area contributed by atoms with Crippen molar-refractivity contribution in [2.75, 3.05) is 0 Å². The van der Waals surface area contributed by atoms with Gasteiger partial charge >= 0.3 is 0 Å². The van der Waals surface area contributed by atoms with Crippen LogP contribution in [-0.2, 0) is 9.59 Å². The maximum atomic E-state index is 13.5. The molecule has 0 saturated carbocycles. The van der Waals surface area contributed by atoms with Gasteiger partial charge in [0.1, 0.15) is 0 Å². The lowest BCUT2D eigenvalue weighted by molar-refractivity contribution is -0.154. The van der Waals surface area contributed by atoms with Crippen LogP contribution in [0.15, 0.2) is 23.3 Å². The van der Waals surface area contributed by atoms with E-state index in [0.29, 0.717) is 11.8 Å². The maximum Gasteiger partial charge on any atom is 0.260 e. The minimum atomic E-state index is -1.86. The molecular formula is C22H33NO3. The van der Waals surface area contributed by atoms with Gasteiger partial charge in [-0.3, -0.25) is 9.59 Å². The Kier molecular flexibility index (Phi) is 5.17.